The molecule has 2 fully saturated rings. The van der Waals surface area contributed by atoms with E-state index in [2.05, 4.69) is 25.9 Å². The SMILES string of the molecule is CC(C)NC(=O)OC1CCC(c2cc(Nc3cccc4c(OCC5CCOC5)nn(C)c34)n[nH]2)C1. The number of anilines is 2. The van der Waals surface area contributed by atoms with Crippen LogP contribution >= 0.6 is 0 Å². The van der Waals surface area contributed by atoms with Gasteiger partial charge in [-0.25, -0.2) is 4.79 Å². The summed E-state index contributed by atoms with van der Waals surface area (Å²) in [4.78, 5) is 11.9. The third-order valence-corrected chi connectivity index (χ3v) is 6.68. The van der Waals surface area contributed by atoms with Crippen LogP contribution in [0.15, 0.2) is 24.3 Å². The van der Waals surface area contributed by atoms with Crippen LogP contribution in [0.2, 0.25) is 0 Å². The number of nitrogens with one attached hydrogen (secondary N) is 3. The van der Waals surface area contributed by atoms with Crippen molar-refractivity contribution in [1.82, 2.24) is 25.3 Å². The van der Waals surface area contributed by atoms with Crippen molar-refractivity contribution in [3.63, 3.8) is 0 Å². The van der Waals surface area contributed by atoms with E-state index in [1.807, 2.05) is 49.8 Å². The normalized spacial score (nSPS) is 22.1. The van der Waals surface area contributed by atoms with Crippen molar-refractivity contribution in [2.24, 2.45) is 13.0 Å². The third-order valence-electron chi connectivity index (χ3n) is 6.68. The molecular weight excluding hydrogens is 448 g/mol. The number of alkyl carbamates (subject to hydrolysis) is 1. The number of aromatic amines is 1. The number of ether oxygens (including phenoxy) is 3. The zero-order valence-electron chi connectivity index (χ0n) is 20.5. The van der Waals surface area contributed by atoms with Gasteiger partial charge in [-0.05, 0) is 51.7 Å². The molecule has 1 saturated heterocycles. The van der Waals surface area contributed by atoms with E-state index < -0.39 is 0 Å². The van der Waals surface area contributed by atoms with Gasteiger partial charge in [0, 0.05) is 43.3 Å². The molecule has 3 unspecified atom stereocenters. The molecule has 10 nitrogen and oxygen atoms in total. The van der Waals surface area contributed by atoms with Crippen molar-refractivity contribution in [3.8, 4) is 5.88 Å². The number of aromatic nitrogens is 4. The molecule has 0 spiro atoms. The molecule has 0 bridgehead atoms. The van der Waals surface area contributed by atoms with Crippen LogP contribution in [0, 0.1) is 5.92 Å². The Balaban J connectivity index is 1.24. The molecule has 1 saturated carbocycles. The monoisotopic (exact) mass is 482 g/mol. The number of hydrogen-bond donors (Lipinski definition) is 3. The largest absolute Gasteiger partial charge is 0.476 e. The minimum atomic E-state index is -0.346. The summed E-state index contributed by atoms with van der Waals surface area (Å²) in [6.45, 7) is 6.00. The van der Waals surface area contributed by atoms with Crippen LogP contribution in [0.5, 0.6) is 5.88 Å². The zero-order chi connectivity index (χ0) is 24.4. The van der Waals surface area contributed by atoms with E-state index in [1.54, 1.807) is 0 Å². The number of fused-ring (bicyclic) bond motifs is 1. The van der Waals surface area contributed by atoms with Gasteiger partial charge in [-0.2, -0.15) is 5.10 Å². The van der Waals surface area contributed by atoms with Crippen LogP contribution in [0.3, 0.4) is 0 Å². The fourth-order valence-electron chi connectivity index (χ4n) is 4.92. The van der Waals surface area contributed by atoms with Crippen molar-refractivity contribution in [2.75, 3.05) is 25.1 Å². The molecule has 10 heteroatoms. The lowest BCUT2D eigenvalue weighted by Crippen LogP contribution is -2.33. The number of carbonyl (C=O) groups excluding carboxylic acids is 1. The molecule has 3 atom stereocenters. The van der Waals surface area contributed by atoms with Gasteiger partial charge in [0.1, 0.15) is 6.10 Å². The van der Waals surface area contributed by atoms with Gasteiger partial charge in [0.15, 0.2) is 5.82 Å². The Hall–Kier alpha value is -3.27. The van der Waals surface area contributed by atoms with Gasteiger partial charge in [0.2, 0.25) is 5.88 Å². The van der Waals surface area contributed by atoms with Crippen molar-refractivity contribution in [3.05, 3.63) is 30.0 Å². The van der Waals surface area contributed by atoms with E-state index in [0.717, 1.165) is 67.0 Å². The minimum absolute atomic E-state index is 0.0642. The van der Waals surface area contributed by atoms with Crippen LogP contribution in [0.25, 0.3) is 10.9 Å². The number of amides is 1. The summed E-state index contributed by atoms with van der Waals surface area (Å²) in [7, 11) is 1.92. The number of H-pyrrole nitrogens is 1. The molecule has 1 aliphatic heterocycles. The summed E-state index contributed by atoms with van der Waals surface area (Å²) in [5.74, 6) is 2.07. The predicted molar refractivity (Wildman–Crippen MR) is 132 cm³/mol. The zero-order valence-corrected chi connectivity index (χ0v) is 20.5. The summed E-state index contributed by atoms with van der Waals surface area (Å²) in [6.07, 6.45) is 3.19. The van der Waals surface area contributed by atoms with Gasteiger partial charge in [-0.1, -0.05) is 6.07 Å². The lowest BCUT2D eigenvalue weighted by Gasteiger charge is -2.14. The van der Waals surface area contributed by atoms with Crippen molar-refractivity contribution < 1.29 is 19.0 Å². The number of nitrogens with zero attached hydrogens (tertiary/aromatic N) is 3. The standard InChI is InChI=1S/C25H34N6O4/c1-15(2)26-25(32)35-18-8-7-17(11-18)21-12-22(29-28-21)27-20-6-4-5-19-23(20)31(3)30-24(19)34-14-16-9-10-33-13-16/h4-6,12,15-18H,7-11,13-14H2,1-3H3,(H,26,32)(H2,27,28,29). The fraction of sp³-hybridized carbons (Fsp3) is 0.560. The second-order valence-corrected chi connectivity index (χ2v) is 9.84. The van der Waals surface area contributed by atoms with Gasteiger partial charge in [0.05, 0.1) is 29.8 Å². The molecule has 3 heterocycles. The van der Waals surface area contributed by atoms with Gasteiger partial charge in [-0.3, -0.25) is 9.78 Å². The Bertz CT molecular complexity index is 1170. The summed E-state index contributed by atoms with van der Waals surface area (Å²) >= 11 is 0. The summed E-state index contributed by atoms with van der Waals surface area (Å²) in [5, 5.41) is 19.4. The number of carbonyl (C=O) groups is 1. The highest BCUT2D eigenvalue weighted by molar-refractivity contribution is 5.95. The van der Waals surface area contributed by atoms with Gasteiger partial charge >= 0.3 is 6.09 Å². The first-order valence-electron chi connectivity index (χ1n) is 12.4. The average molecular weight is 483 g/mol. The van der Waals surface area contributed by atoms with E-state index in [0.29, 0.717) is 18.4 Å². The Labute approximate surface area is 204 Å². The van der Waals surface area contributed by atoms with Crippen molar-refractivity contribution in [1.29, 1.82) is 0 Å². The first-order valence-corrected chi connectivity index (χ1v) is 12.4. The molecule has 1 amide bonds. The molecule has 188 valence electrons. The second kappa shape index (κ2) is 10.2. The summed E-state index contributed by atoms with van der Waals surface area (Å²) in [6, 6.07) is 8.13. The Morgan fingerprint density at radius 3 is 3.00 bits per heavy atom. The van der Waals surface area contributed by atoms with Crippen LogP contribution in [0.4, 0.5) is 16.3 Å². The Morgan fingerprint density at radius 2 is 2.20 bits per heavy atom. The highest BCUT2D eigenvalue weighted by Gasteiger charge is 2.30. The number of hydrogen-bond acceptors (Lipinski definition) is 7. The maximum Gasteiger partial charge on any atom is 0.407 e. The van der Waals surface area contributed by atoms with Gasteiger partial charge in [0.25, 0.3) is 0 Å². The average Bonchev–Trinajstić information content (AvgIpc) is 3.60. The molecule has 0 radical (unpaired) electrons. The van der Waals surface area contributed by atoms with Crippen LogP contribution in [-0.2, 0) is 16.5 Å². The van der Waals surface area contributed by atoms with E-state index in [-0.39, 0.29) is 24.2 Å². The summed E-state index contributed by atoms with van der Waals surface area (Å²) in [5.41, 5.74) is 2.91. The molecule has 2 aliphatic rings. The maximum absolute atomic E-state index is 11.9. The fourth-order valence-corrected chi connectivity index (χ4v) is 4.92. The second-order valence-electron chi connectivity index (χ2n) is 9.84. The molecule has 1 aromatic carbocycles. The molecule has 2 aromatic heterocycles. The number of aryl methyl sites for hydroxylation is 1. The predicted octanol–water partition coefficient (Wildman–Crippen LogP) is 4.23. The van der Waals surface area contributed by atoms with E-state index in [1.165, 1.54) is 0 Å². The summed E-state index contributed by atoms with van der Waals surface area (Å²) < 4.78 is 18.9. The maximum atomic E-state index is 11.9. The lowest BCUT2D eigenvalue weighted by atomic mass is 10.0. The molecule has 1 aliphatic carbocycles. The lowest BCUT2D eigenvalue weighted by molar-refractivity contribution is 0.0981. The number of benzene rings is 1. The quantitative estimate of drug-likeness (QED) is 0.440. The first-order chi connectivity index (χ1) is 17.0. The Kier molecular flexibility index (Phi) is 6.81. The highest BCUT2D eigenvalue weighted by Crippen LogP contribution is 2.37. The number of rotatable bonds is 8. The highest BCUT2D eigenvalue weighted by atomic mass is 16.6. The van der Waals surface area contributed by atoms with Crippen molar-refractivity contribution in [2.45, 2.75) is 57.6 Å². The van der Waals surface area contributed by atoms with E-state index in [4.69, 9.17) is 14.2 Å². The molecule has 5 rings (SSSR count). The minimum Gasteiger partial charge on any atom is -0.476 e. The molecular formula is C25H34N6O4. The van der Waals surface area contributed by atoms with Crippen LogP contribution < -0.4 is 15.4 Å². The number of para-hydroxylation sites is 1. The van der Waals surface area contributed by atoms with Crippen LogP contribution in [-0.4, -0.2) is 58.0 Å². The molecule has 35 heavy (non-hydrogen) atoms. The smallest absolute Gasteiger partial charge is 0.407 e. The van der Waals surface area contributed by atoms with E-state index >= 15 is 0 Å². The first kappa shape index (κ1) is 23.5. The van der Waals surface area contributed by atoms with Gasteiger partial charge < -0.3 is 24.8 Å². The molecule has 3 N–H and O–H groups in total. The van der Waals surface area contributed by atoms with E-state index in [9.17, 15) is 4.79 Å². The van der Waals surface area contributed by atoms with Crippen LogP contribution in [0.1, 0.15) is 51.1 Å². The van der Waals surface area contributed by atoms with Crippen molar-refractivity contribution >= 4 is 28.5 Å². The van der Waals surface area contributed by atoms with Gasteiger partial charge in [-0.15, -0.1) is 5.10 Å². The molecule has 3 aromatic rings. The Morgan fingerprint density at radius 1 is 1.31 bits per heavy atom. The third kappa shape index (κ3) is 5.37. The topological polar surface area (TPSA) is 115 Å².